The van der Waals surface area contributed by atoms with E-state index in [1.165, 1.54) is 103 Å². The molecule has 3 N–H and O–H groups in total. The maximum absolute atomic E-state index is 13.0. The lowest BCUT2D eigenvalue weighted by Crippen LogP contribution is -2.30. The summed E-state index contributed by atoms with van der Waals surface area (Å²) >= 11 is 0. The molecule has 5 atom stereocenters. The van der Waals surface area contributed by atoms with Gasteiger partial charge in [0.1, 0.15) is 19.3 Å². The molecule has 0 bridgehead atoms. The Balaban J connectivity index is 5.28. The average Bonchev–Trinajstić information content (AvgIpc) is 3.52. The van der Waals surface area contributed by atoms with Crippen LogP contribution in [0.25, 0.3) is 0 Å². The fraction of sp³-hybridized carbons (Fsp3) is 0.884. The topological polar surface area (TPSA) is 237 Å². The van der Waals surface area contributed by atoms with E-state index in [-0.39, 0.29) is 25.7 Å². The van der Waals surface area contributed by atoms with Crippen molar-refractivity contribution in [1.29, 1.82) is 0 Å². The Bertz CT molecular complexity index is 1830. The predicted octanol–water partition coefficient (Wildman–Crippen LogP) is 19.0. The molecule has 0 saturated heterocycles. The molecule has 19 heteroatoms. The Morgan fingerprint density at radius 3 is 0.920 bits per heavy atom. The first-order valence-corrected chi connectivity index (χ1v) is 38.2. The number of phosphoric ester groups is 2. The highest BCUT2D eigenvalue weighted by molar-refractivity contribution is 7.47. The van der Waals surface area contributed by atoms with Crippen molar-refractivity contribution < 1.29 is 80.2 Å². The number of aliphatic hydroxyl groups excluding tert-OH is 1. The van der Waals surface area contributed by atoms with E-state index in [4.69, 9.17) is 37.0 Å². The number of allylic oxidation sites excluding steroid dienone is 4. The van der Waals surface area contributed by atoms with Gasteiger partial charge in [-0.3, -0.25) is 37.3 Å². The third kappa shape index (κ3) is 62.4. The Kier molecular flexibility index (Phi) is 57.9. The molecule has 2 unspecified atom stereocenters. The van der Waals surface area contributed by atoms with Gasteiger partial charge < -0.3 is 33.8 Å². The van der Waals surface area contributed by atoms with Crippen molar-refractivity contribution in [3.63, 3.8) is 0 Å². The smallest absolute Gasteiger partial charge is 0.462 e. The van der Waals surface area contributed by atoms with Crippen molar-refractivity contribution >= 4 is 39.5 Å². The fourth-order valence-electron chi connectivity index (χ4n) is 9.82. The summed E-state index contributed by atoms with van der Waals surface area (Å²) in [5.74, 6) is -0.0101. The Labute approximate surface area is 535 Å². The molecule has 88 heavy (non-hydrogen) atoms. The van der Waals surface area contributed by atoms with E-state index >= 15 is 0 Å². The zero-order valence-electron chi connectivity index (χ0n) is 56.7. The van der Waals surface area contributed by atoms with Crippen molar-refractivity contribution in [2.24, 2.45) is 17.8 Å². The van der Waals surface area contributed by atoms with Crippen LogP contribution in [0, 0.1) is 17.8 Å². The van der Waals surface area contributed by atoms with E-state index in [1.54, 1.807) is 0 Å². The molecule has 17 nitrogen and oxygen atoms in total. The van der Waals surface area contributed by atoms with Gasteiger partial charge in [0.2, 0.25) is 0 Å². The minimum atomic E-state index is -4.96. The predicted molar refractivity (Wildman–Crippen MR) is 354 cm³/mol. The van der Waals surface area contributed by atoms with Crippen LogP contribution in [0.15, 0.2) is 24.3 Å². The van der Waals surface area contributed by atoms with Crippen LogP contribution in [0.4, 0.5) is 0 Å². The number of ether oxygens (including phenoxy) is 4. The van der Waals surface area contributed by atoms with Crippen molar-refractivity contribution in [1.82, 2.24) is 0 Å². The quantitative estimate of drug-likeness (QED) is 0.0169. The normalized spacial score (nSPS) is 14.4. The van der Waals surface area contributed by atoms with Gasteiger partial charge in [0.15, 0.2) is 12.2 Å². The number of esters is 4. The van der Waals surface area contributed by atoms with Crippen LogP contribution < -0.4 is 0 Å². The van der Waals surface area contributed by atoms with Crippen LogP contribution in [-0.2, 0) is 65.4 Å². The monoisotopic (exact) mass is 1290 g/mol. The molecule has 0 aliphatic rings. The van der Waals surface area contributed by atoms with E-state index < -0.39 is 97.5 Å². The molecule has 0 aliphatic heterocycles. The SMILES string of the molecule is CCCCCC/C=C\C=C/CCCCCCCC(=O)O[C@H](COC(=O)CCCCCCCCCCC(C)C)COP(=O)(O)OC[C@@H](O)COP(=O)(O)OC[C@@H](COC(=O)CCCCCCCCC(C)C)OC(=O)CCCCCCCCCCCCC(C)C. The van der Waals surface area contributed by atoms with Crippen LogP contribution in [-0.4, -0.2) is 96.7 Å². The molecule has 0 aromatic heterocycles. The second kappa shape index (κ2) is 59.5. The molecular formula is C69H130O17P2. The summed E-state index contributed by atoms with van der Waals surface area (Å²) in [6.45, 7) is 11.6. The fourth-order valence-corrected chi connectivity index (χ4v) is 11.4. The number of aliphatic hydroxyl groups is 1. The summed E-state index contributed by atoms with van der Waals surface area (Å²) in [6.07, 6.45) is 45.4. The van der Waals surface area contributed by atoms with Crippen LogP contribution in [0.2, 0.25) is 0 Å². The number of unbranched alkanes of at least 4 members (excludes halogenated alkanes) is 30. The number of rotatable bonds is 65. The summed E-state index contributed by atoms with van der Waals surface area (Å²) < 4.78 is 68.1. The highest BCUT2D eigenvalue weighted by Gasteiger charge is 2.30. The van der Waals surface area contributed by atoms with Gasteiger partial charge in [0, 0.05) is 25.7 Å². The summed E-state index contributed by atoms with van der Waals surface area (Å²) in [4.78, 5) is 72.4. The van der Waals surface area contributed by atoms with E-state index in [9.17, 15) is 43.2 Å². The van der Waals surface area contributed by atoms with Crippen LogP contribution in [0.3, 0.4) is 0 Å². The van der Waals surface area contributed by atoms with E-state index in [0.717, 1.165) is 127 Å². The summed E-state index contributed by atoms with van der Waals surface area (Å²) in [5, 5.41) is 10.6. The van der Waals surface area contributed by atoms with Crippen molar-refractivity contribution in [3.8, 4) is 0 Å². The van der Waals surface area contributed by atoms with Gasteiger partial charge in [0.05, 0.1) is 26.4 Å². The molecule has 0 saturated carbocycles. The van der Waals surface area contributed by atoms with E-state index in [1.807, 2.05) is 0 Å². The van der Waals surface area contributed by atoms with Crippen LogP contribution >= 0.6 is 15.6 Å². The number of carbonyl (C=O) groups excluding carboxylic acids is 4. The second-order valence-electron chi connectivity index (χ2n) is 25.7. The summed E-state index contributed by atoms with van der Waals surface area (Å²) in [7, 11) is -9.91. The van der Waals surface area contributed by atoms with E-state index in [2.05, 4.69) is 72.8 Å². The first kappa shape index (κ1) is 85.5. The molecule has 0 heterocycles. The standard InChI is InChI=1S/C69H130O17P2/c1-8-9-10-11-12-13-14-15-16-17-18-22-29-38-45-52-68(73)85-64(56-79-66(71)50-43-36-28-25-24-27-34-41-48-61(4)5)58-83-87(75,76)81-54-63(70)55-82-88(77,78)84-59-65(57-80-67(72)51-44-37-32-31-35-42-49-62(6)7)86-69(74)53-46-39-30-23-20-19-21-26-33-40-47-60(2)3/h13-16,60-65,70H,8-12,17-59H2,1-7H3,(H,75,76)(H,77,78)/b14-13-,16-15-/t63-,64-,65-/m1/s1. The molecule has 0 radical (unpaired) electrons. The Hall–Kier alpha value is -2.46. The molecule has 0 aromatic carbocycles. The zero-order chi connectivity index (χ0) is 65.2. The summed E-state index contributed by atoms with van der Waals surface area (Å²) in [5.41, 5.74) is 0. The molecule has 0 rings (SSSR count). The number of hydrogen-bond acceptors (Lipinski definition) is 15. The van der Waals surface area contributed by atoms with Crippen molar-refractivity contribution in [3.05, 3.63) is 24.3 Å². The van der Waals surface area contributed by atoms with Gasteiger partial charge in [0.25, 0.3) is 0 Å². The maximum atomic E-state index is 13.0. The Morgan fingerprint density at radius 2 is 0.614 bits per heavy atom. The number of carbonyl (C=O) groups is 4. The lowest BCUT2D eigenvalue weighted by Gasteiger charge is -2.21. The molecule has 0 aromatic rings. The number of hydrogen-bond donors (Lipinski definition) is 3. The van der Waals surface area contributed by atoms with Gasteiger partial charge in [-0.2, -0.15) is 0 Å². The second-order valence-corrected chi connectivity index (χ2v) is 28.6. The molecule has 518 valence electrons. The van der Waals surface area contributed by atoms with Gasteiger partial charge in [-0.25, -0.2) is 9.13 Å². The Morgan fingerprint density at radius 1 is 0.352 bits per heavy atom. The minimum absolute atomic E-state index is 0.0838. The number of phosphoric acid groups is 2. The van der Waals surface area contributed by atoms with Crippen LogP contribution in [0.5, 0.6) is 0 Å². The maximum Gasteiger partial charge on any atom is 0.472 e. The third-order valence-electron chi connectivity index (χ3n) is 15.3. The summed E-state index contributed by atoms with van der Waals surface area (Å²) in [6, 6.07) is 0. The first-order valence-electron chi connectivity index (χ1n) is 35.2. The van der Waals surface area contributed by atoms with Crippen molar-refractivity contribution in [2.45, 2.75) is 336 Å². The largest absolute Gasteiger partial charge is 0.472 e. The van der Waals surface area contributed by atoms with Gasteiger partial charge in [-0.1, -0.05) is 265 Å². The molecule has 0 amide bonds. The average molecular weight is 1290 g/mol. The zero-order valence-corrected chi connectivity index (χ0v) is 58.5. The molecule has 0 fully saturated rings. The highest BCUT2D eigenvalue weighted by atomic mass is 31.2. The first-order chi connectivity index (χ1) is 42.2. The van der Waals surface area contributed by atoms with Gasteiger partial charge >= 0.3 is 39.5 Å². The molecule has 0 spiro atoms. The highest BCUT2D eigenvalue weighted by Crippen LogP contribution is 2.45. The van der Waals surface area contributed by atoms with Crippen molar-refractivity contribution in [2.75, 3.05) is 39.6 Å². The molecular weight excluding hydrogens is 1160 g/mol. The van der Waals surface area contributed by atoms with Gasteiger partial charge in [-0.05, 0) is 69.1 Å². The lowest BCUT2D eigenvalue weighted by atomic mass is 10.0. The van der Waals surface area contributed by atoms with E-state index in [0.29, 0.717) is 31.6 Å². The van der Waals surface area contributed by atoms with Gasteiger partial charge in [-0.15, -0.1) is 0 Å². The third-order valence-corrected chi connectivity index (χ3v) is 17.2. The minimum Gasteiger partial charge on any atom is -0.462 e. The molecule has 0 aliphatic carbocycles. The van der Waals surface area contributed by atoms with Crippen LogP contribution in [0.1, 0.15) is 318 Å². The lowest BCUT2D eigenvalue weighted by molar-refractivity contribution is -0.161.